The third-order valence-corrected chi connectivity index (χ3v) is 5.05. The van der Waals surface area contributed by atoms with Crippen LogP contribution in [0.4, 0.5) is 0 Å². The Bertz CT molecular complexity index is 439. The Labute approximate surface area is 138 Å². The molecule has 0 aromatic heterocycles. The van der Waals surface area contributed by atoms with Crippen LogP contribution in [0.3, 0.4) is 0 Å². The minimum atomic E-state index is 0.730. The van der Waals surface area contributed by atoms with Gasteiger partial charge in [-0.1, -0.05) is 54.8 Å². The normalized spacial score (nSPS) is 16.3. The first-order valence-corrected chi connectivity index (χ1v) is 9.05. The van der Waals surface area contributed by atoms with E-state index in [4.69, 9.17) is 0 Å². The average molecular weight is 353 g/mol. The van der Waals surface area contributed by atoms with Crippen molar-refractivity contribution >= 4 is 15.9 Å². The van der Waals surface area contributed by atoms with E-state index in [1.807, 2.05) is 7.05 Å². The van der Waals surface area contributed by atoms with E-state index in [2.05, 4.69) is 58.2 Å². The molecule has 0 unspecified atom stereocenters. The van der Waals surface area contributed by atoms with Crippen molar-refractivity contribution in [1.29, 1.82) is 0 Å². The molecule has 1 aliphatic carbocycles. The summed E-state index contributed by atoms with van der Waals surface area (Å²) in [5.41, 5.74) is 2.76. The highest BCUT2D eigenvalue weighted by Gasteiger charge is 2.23. The first-order valence-electron chi connectivity index (χ1n) is 8.26. The van der Waals surface area contributed by atoms with Crippen molar-refractivity contribution in [3.63, 3.8) is 0 Å². The van der Waals surface area contributed by atoms with Crippen LogP contribution in [0.1, 0.15) is 50.7 Å². The summed E-state index contributed by atoms with van der Waals surface area (Å²) < 4.78 is 1.25. The third-order valence-electron chi connectivity index (χ3n) is 4.31. The zero-order valence-electron chi connectivity index (χ0n) is 13.7. The summed E-state index contributed by atoms with van der Waals surface area (Å²) in [7, 11) is 1.99. The van der Waals surface area contributed by atoms with Gasteiger partial charge in [0.25, 0.3) is 0 Å². The van der Waals surface area contributed by atoms with Gasteiger partial charge in [-0.3, -0.25) is 4.90 Å². The molecule has 2 rings (SSSR count). The van der Waals surface area contributed by atoms with Crippen molar-refractivity contribution in [2.24, 2.45) is 5.92 Å². The van der Waals surface area contributed by atoms with Crippen LogP contribution in [0, 0.1) is 5.92 Å². The first-order chi connectivity index (χ1) is 10.1. The molecule has 0 amide bonds. The number of nitrogens with zero attached hydrogens (tertiary/aromatic N) is 1. The second-order valence-corrected chi connectivity index (χ2v) is 7.57. The third kappa shape index (κ3) is 5.08. The number of hydrogen-bond donors (Lipinski definition) is 1. The van der Waals surface area contributed by atoms with Gasteiger partial charge in [0.15, 0.2) is 0 Å². The van der Waals surface area contributed by atoms with Crippen LogP contribution in [-0.2, 0) is 13.1 Å². The Hall–Kier alpha value is -0.380. The van der Waals surface area contributed by atoms with Crippen molar-refractivity contribution in [1.82, 2.24) is 10.2 Å². The van der Waals surface area contributed by atoms with E-state index >= 15 is 0 Å². The average Bonchev–Trinajstić information content (AvgIpc) is 2.94. The molecule has 2 nitrogen and oxygen atoms in total. The summed E-state index contributed by atoms with van der Waals surface area (Å²) >= 11 is 3.77. The summed E-state index contributed by atoms with van der Waals surface area (Å²) in [5.74, 6) is 0.730. The number of rotatable bonds is 7. The van der Waals surface area contributed by atoms with Crippen LogP contribution in [-0.4, -0.2) is 24.5 Å². The van der Waals surface area contributed by atoms with E-state index in [0.29, 0.717) is 0 Å². The molecule has 0 atom stereocenters. The Kier molecular flexibility index (Phi) is 6.72. The zero-order valence-corrected chi connectivity index (χ0v) is 15.2. The maximum Gasteiger partial charge on any atom is 0.0247 e. The van der Waals surface area contributed by atoms with Crippen LogP contribution < -0.4 is 5.32 Å². The molecule has 1 aliphatic rings. The smallest absolute Gasteiger partial charge is 0.0247 e. The molecule has 1 N–H and O–H groups in total. The predicted molar refractivity (Wildman–Crippen MR) is 94.4 cm³/mol. The molecule has 0 radical (unpaired) electrons. The lowest BCUT2D eigenvalue weighted by Crippen LogP contribution is -2.35. The first kappa shape index (κ1) is 17.0. The molecule has 21 heavy (non-hydrogen) atoms. The van der Waals surface area contributed by atoms with Crippen LogP contribution in [0.2, 0.25) is 0 Å². The van der Waals surface area contributed by atoms with Crippen LogP contribution in [0.25, 0.3) is 0 Å². The van der Waals surface area contributed by atoms with Gasteiger partial charge in [-0.15, -0.1) is 0 Å². The lowest BCUT2D eigenvalue weighted by Gasteiger charge is -2.31. The van der Waals surface area contributed by atoms with E-state index in [9.17, 15) is 0 Å². The van der Waals surface area contributed by atoms with Gasteiger partial charge in [-0.05, 0) is 43.0 Å². The molecule has 3 heteroatoms. The quantitative estimate of drug-likeness (QED) is 0.773. The molecule has 1 fully saturated rings. The van der Waals surface area contributed by atoms with Crippen LogP contribution >= 0.6 is 15.9 Å². The number of halogens is 1. The fraction of sp³-hybridized carbons (Fsp3) is 0.667. The molecule has 0 aliphatic heterocycles. The molecular weight excluding hydrogens is 324 g/mol. The number of benzene rings is 1. The molecule has 0 bridgehead atoms. The highest BCUT2D eigenvalue weighted by atomic mass is 79.9. The largest absolute Gasteiger partial charge is 0.316 e. The van der Waals surface area contributed by atoms with E-state index in [1.165, 1.54) is 47.8 Å². The minimum Gasteiger partial charge on any atom is -0.316 e. The van der Waals surface area contributed by atoms with Crippen molar-refractivity contribution in [2.45, 2.75) is 58.7 Å². The topological polar surface area (TPSA) is 15.3 Å². The Balaban J connectivity index is 2.08. The number of nitrogens with one attached hydrogen (secondary N) is 1. The van der Waals surface area contributed by atoms with Gasteiger partial charge in [-0.2, -0.15) is 0 Å². The van der Waals surface area contributed by atoms with Gasteiger partial charge in [0.2, 0.25) is 0 Å². The summed E-state index contributed by atoms with van der Waals surface area (Å²) in [6.07, 6.45) is 5.56. The van der Waals surface area contributed by atoms with Gasteiger partial charge in [0.1, 0.15) is 0 Å². The molecule has 0 heterocycles. The van der Waals surface area contributed by atoms with E-state index in [1.54, 1.807) is 0 Å². The fourth-order valence-corrected chi connectivity index (χ4v) is 3.88. The van der Waals surface area contributed by atoms with E-state index in [-0.39, 0.29) is 0 Å². The fourth-order valence-electron chi connectivity index (χ4n) is 3.33. The summed E-state index contributed by atoms with van der Waals surface area (Å²) in [4.78, 5) is 2.70. The predicted octanol–water partition coefficient (Wildman–Crippen LogP) is 4.57. The second-order valence-electron chi connectivity index (χ2n) is 6.72. The molecule has 0 spiro atoms. The van der Waals surface area contributed by atoms with Gasteiger partial charge in [-0.25, -0.2) is 0 Å². The van der Waals surface area contributed by atoms with Crippen molar-refractivity contribution in [3.8, 4) is 0 Å². The molecule has 1 aromatic rings. The monoisotopic (exact) mass is 352 g/mol. The number of hydrogen-bond acceptors (Lipinski definition) is 2. The SMILES string of the molecule is CNCc1ccc(CN(CC(C)C)C2CCCC2)c(Br)c1. The second kappa shape index (κ2) is 8.30. The maximum atomic E-state index is 3.77. The zero-order chi connectivity index (χ0) is 15.2. The van der Waals surface area contributed by atoms with Crippen molar-refractivity contribution < 1.29 is 0 Å². The van der Waals surface area contributed by atoms with E-state index < -0.39 is 0 Å². The minimum absolute atomic E-state index is 0.730. The lowest BCUT2D eigenvalue weighted by atomic mass is 10.1. The van der Waals surface area contributed by atoms with E-state index in [0.717, 1.165) is 25.0 Å². The standard InChI is InChI=1S/C18H29BrN2/c1-14(2)12-21(17-6-4-5-7-17)13-16-9-8-15(11-20-3)10-18(16)19/h8-10,14,17,20H,4-7,11-13H2,1-3H3. The van der Waals surface area contributed by atoms with Crippen molar-refractivity contribution in [3.05, 3.63) is 33.8 Å². The van der Waals surface area contributed by atoms with Gasteiger partial charge in [0, 0.05) is 30.1 Å². The van der Waals surface area contributed by atoms with Crippen LogP contribution in [0.15, 0.2) is 22.7 Å². The van der Waals surface area contributed by atoms with Gasteiger partial charge >= 0.3 is 0 Å². The highest BCUT2D eigenvalue weighted by molar-refractivity contribution is 9.10. The molecule has 1 aromatic carbocycles. The Morgan fingerprint density at radius 1 is 1.29 bits per heavy atom. The maximum absolute atomic E-state index is 3.77. The molecule has 1 saturated carbocycles. The lowest BCUT2D eigenvalue weighted by molar-refractivity contribution is 0.168. The summed E-state index contributed by atoms with van der Waals surface area (Å²) in [6, 6.07) is 7.59. The highest BCUT2D eigenvalue weighted by Crippen LogP contribution is 2.28. The summed E-state index contributed by atoms with van der Waals surface area (Å²) in [6.45, 7) is 7.86. The van der Waals surface area contributed by atoms with Gasteiger partial charge < -0.3 is 5.32 Å². The van der Waals surface area contributed by atoms with Crippen LogP contribution in [0.5, 0.6) is 0 Å². The molecule has 118 valence electrons. The van der Waals surface area contributed by atoms with Gasteiger partial charge in [0.05, 0.1) is 0 Å². The molecule has 0 saturated heterocycles. The molecular formula is C18H29BrN2. The Morgan fingerprint density at radius 3 is 2.57 bits per heavy atom. The summed E-state index contributed by atoms with van der Waals surface area (Å²) in [5, 5.41) is 3.21. The Morgan fingerprint density at radius 2 is 2.00 bits per heavy atom. The van der Waals surface area contributed by atoms with Crippen molar-refractivity contribution in [2.75, 3.05) is 13.6 Å².